The van der Waals surface area contributed by atoms with Crippen LogP contribution in [-0.2, 0) is 9.53 Å². The highest BCUT2D eigenvalue weighted by atomic mass is 35.5. The molecule has 0 aliphatic carbocycles. The SMILES string of the molecule is C=C(C(OC(C)=O)c1c(Cl)cccc1Cl)n1cccn1. The molecule has 1 unspecified atom stereocenters. The molecule has 1 aromatic heterocycles. The zero-order valence-electron chi connectivity index (χ0n) is 10.7. The summed E-state index contributed by atoms with van der Waals surface area (Å²) in [4.78, 5) is 11.3. The number of hydrogen-bond acceptors (Lipinski definition) is 3. The summed E-state index contributed by atoms with van der Waals surface area (Å²) < 4.78 is 6.82. The minimum Gasteiger partial charge on any atom is -0.451 e. The lowest BCUT2D eigenvalue weighted by Crippen LogP contribution is -2.15. The number of hydrogen-bond donors (Lipinski definition) is 0. The van der Waals surface area contributed by atoms with Gasteiger partial charge in [0.25, 0.3) is 0 Å². The van der Waals surface area contributed by atoms with Crippen LogP contribution < -0.4 is 0 Å². The van der Waals surface area contributed by atoms with Crippen molar-refractivity contribution in [2.24, 2.45) is 0 Å². The Morgan fingerprint density at radius 2 is 2.00 bits per heavy atom. The van der Waals surface area contributed by atoms with Gasteiger partial charge in [0.2, 0.25) is 0 Å². The van der Waals surface area contributed by atoms with Crippen molar-refractivity contribution in [3.63, 3.8) is 0 Å². The molecule has 0 saturated heterocycles. The average Bonchev–Trinajstić information content (AvgIpc) is 2.89. The third-order valence-electron chi connectivity index (χ3n) is 2.65. The average molecular weight is 311 g/mol. The second kappa shape index (κ2) is 6.11. The fourth-order valence-corrected chi connectivity index (χ4v) is 2.38. The topological polar surface area (TPSA) is 44.1 Å². The van der Waals surface area contributed by atoms with Gasteiger partial charge in [0.05, 0.1) is 5.70 Å². The quantitative estimate of drug-likeness (QED) is 0.803. The first kappa shape index (κ1) is 14.6. The van der Waals surface area contributed by atoms with E-state index < -0.39 is 12.1 Å². The summed E-state index contributed by atoms with van der Waals surface area (Å²) >= 11 is 12.3. The third-order valence-corrected chi connectivity index (χ3v) is 3.31. The molecule has 0 spiro atoms. The Labute approximate surface area is 126 Å². The number of nitrogens with zero attached hydrogens (tertiary/aromatic N) is 2. The van der Waals surface area contributed by atoms with Crippen molar-refractivity contribution in [2.75, 3.05) is 0 Å². The molecule has 1 atom stereocenters. The van der Waals surface area contributed by atoms with Gasteiger partial charge in [-0.15, -0.1) is 0 Å². The summed E-state index contributed by atoms with van der Waals surface area (Å²) in [6.07, 6.45) is 2.50. The summed E-state index contributed by atoms with van der Waals surface area (Å²) in [7, 11) is 0. The van der Waals surface area contributed by atoms with Gasteiger partial charge in [0.15, 0.2) is 6.10 Å². The predicted octanol–water partition coefficient (Wildman–Crippen LogP) is 3.97. The molecule has 1 aromatic carbocycles. The van der Waals surface area contributed by atoms with Crippen LogP contribution in [0.2, 0.25) is 10.0 Å². The highest BCUT2D eigenvalue weighted by molar-refractivity contribution is 6.36. The van der Waals surface area contributed by atoms with E-state index >= 15 is 0 Å². The molecule has 2 rings (SSSR count). The standard InChI is InChI=1S/C14H12Cl2N2O2/c1-9(18-8-4-7-17-18)14(20-10(2)19)13-11(15)5-3-6-12(13)16/h3-8,14H,1H2,2H3. The molecule has 0 bridgehead atoms. The van der Waals surface area contributed by atoms with Gasteiger partial charge in [-0.2, -0.15) is 5.10 Å². The molecular weight excluding hydrogens is 299 g/mol. The molecule has 1 heterocycles. The number of rotatable bonds is 4. The number of ether oxygens (including phenoxy) is 1. The highest BCUT2D eigenvalue weighted by Gasteiger charge is 2.25. The number of aromatic nitrogens is 2. The van der Waals surface area contributed by atoms with Crippen molar-refractivity contribution in [1.29, 1.82) is 0 Å². The Hall–Kier alpha value is -1.78. The molecule has 0 aliphatic heterocycles. The largest absolute Gasteiger partial charge is 0.451 e. The van der Waals surface area contributed by atoms with Crippen LogP contribution >= 0.6 is 23.2 Å². The summed E-state index contributed by atoms with van der Waals surface area (Å²) in [5.41, 5.74) is 0.937. The first-order valence-electron chi connectivity index (χ1n) is 5.80. The van der Waals surface area contributed by atoms with E-state index in [1.54, 1.807) is 36.7 Å². The van der Waals surface area contributed by atoms with E-state index in [1.807, 2.05) is 0 Å². The molecule has 2 aromatic rings. The van der Waals surface area contributed by atoms with Gasteiger partial charge in [0.1, 0.15) is 0 Å². The molecule has 104 valence electrons. The maximum atomic E-state index is 11.3. The van der Waals surface area contributed by atoms with E-state index in [4.69, 9.17) is 27.9 Å². The van der Waals surface area contributed by atoms with Crippen LogP contribution in [0.1, 0.15) is 18.6 Å². The minimum absolute atomic E-state index is 0.400. The monoisotopic (exact) mass is 310 g/mol. The second-order valence-electron chi connectivity index (χ2n) is 4.07. The molecule has 0 radical (unpaired) electrons. The second-order valence-corrected chi connectivity index (χ2v) is 4.88. The van der Waals surface area contributed by atoms with Crippen LogP contribution in [0.15, 0.2) is 43.2 Å². The van der Waals surface area contributed by atoms with E-state index in [0.717, 1.165) is 0 Å². The van der Waals surface area contributed by atoms with E-state index in [-0.39, 0.29) is 0 Å². The van der Waals surface area contributed by atoms with Crippen LogP contribution in [0.5, 0.6) is 0 Å². The lowest BCUT2D eigenvalue weighted by molar-refractivity contribution is -0.144. The first-order valence-corrected chi connectivity index (χ1v) is 6.56. The number of esters is 1. The first-order chi connectivity index (χ1) is 9.50. The van der Waals surface area contributed by atoms with Crippen molar-refractivity contribution in [3.05, 3.63) is 58.8 Å². The van der Waals surface area contributed by atoms with E-state index in [0.29, 0.717) is 21.3 Å². The third kappa shape index (κ3) is 3.03. The van der Waals surface area contributed by atoms with Gasteiger partial charge >= 0.3 is 5.97 Å². The molecule has 0 saturated carbocycles. The van der Waals surface area contributed by atoms with Gasteiger partial charge in [-0.25, -0.2) is 4.68 Å². The van der Waals surface area contributed by atoms with Crippen LogP contribution in [0.4, 0.5) is 0 Å². The highest BCUT2D eigenvalue weighted by Crippen LogP contribution is 2.37. The maximum Gasteiger partial charge on any atom is 0.303 e. The predicted molar refractivity (Wildman–Crippen MR) is 78.5 cm³/mol. The Morgan fingerprint density at radius 3 is 2.50 bits per heavy atom. The van der Waals surface area contributed by atoms with Gasteiger partial charge in [-0.1, -0.05) is 35.8 Å². The Balaban J connectivity index is 2.48. The van der Waals surface area contributed by atoms with Gasteiger partial charge < -0.3 is 4.74 Å². The smallest absolute Gasteiger partial charge is 0.303 e. The number of halogens is 2. The number of benzene rings is 1. The maximum absolute atomic E-state index is 11.3. The molecule has 4 nitrogen and oxygen atoms in total. The van der Waals surface area contributed by atoms with Crippen LogP contribution in [-0.4, -0.2) is 15.7 Å². The Kier molecular flexibility index (Phi) is 4.47. The fourth-order valence-electron chi connectivity index (χ4n) is 1.78. The normalized spacial score (nSPS) is 11.9. The van der Waals surface area contributed by atoms with Gasteiger partial charge in [-0.05, 0) is 18.2 Å². The summed E-state index contributed by atoms with van der Waals surface area (Å²) in [5, 5.41) is 4.87. The van der Waals surface area contributed by atoms with Crippen LogP contribution in [0.25, 0.3) is 5.70 Å². The lowest BCUT2D eigenvalue weighted by atomic mass is 10.1. The summed E-state index contributed by atoms with van der Waals surface area (Å²) in [5.74, 6) is -0.459. The molecule has 20 heavy (non-hydrogen) atoms. The summed E-state index contributed by atoms with van der Waals surface area (Å²) in [6, 6.07) is 6.81. The molecular formula is C14H12Cl2N2O2. The minimum atomic E-state index is -0.798. The number of carbonyl (C=O) groups excluding carboxylic acids is 1. The van der Waals surface area contributed by atoms with Crippen molar-refractivity contribution < 1.29 is 9.53 Å². The molecule has 0 amide bonds. The lowest BCUT2D eigenvalue weighted by Gasteiger charge is -2.21. The molecule has 6 heteroatoms. The van der Waals surface area contributed by atoms with Crippen LogP contribution in [0.3, 0.4) is 0 Å². The Bertz CT molecular complexity index is 618. The zero-order valence-corrected chi connectivity index (χ0v) is 12.2. The molecule has 0 N–H and O–H groups in total. The van der Waals surface area contributed by atoms with E-state index in [2.05, 4.69) is 11.7 Å². The van der Waals surface area contributed by atoms with E-state index in [1.165, 1.54) is 11.6 Å². The number of carbonyl (C=O) groups is 1. The zero-order chi connectivity index (χ0) is 14.7. The molecule has 0 fully saturated rings. The summed E-state index contributed by atoms with van der Waals surface area (Å²) in [6.45, 7) is 5.23. The van der Waals surface area contributed by atoms with Crippen molar-refractivity contribution in [1.82, 2.24) is 9.78 Å². The molecule has 0 aliphatic rings. The Morgan fingerprint density at radius 1 is 1.35 bits per heavy atom. The van der Waals surface area contributed by atoms with Gasteiger partial charge in [-0.3, -0.25) is 4.79 Å². The van der Waals surface area contributed by atoms with Crippen molar-refractivity contribution >= 4 is 34.9 Å². The van der Waals surface area contributed by atoms with Gasteiger partial charge in [0, 0.05) is 34.9 Å². The van der Waals surface area contributed by atoms with Crippen molar-refractivity contribution in [3.8, 4) is 0 Å². The fraction of sp³-hybridized carbons (Fsp3) is 0.143. The van der Waals surface area contributed by atoms with E-state index in [9.17, 15) is 4.79 Å². The van der Waals surface area contributed by atoms with Crippen LogP contribution in [0, 0.1) is 0 Å². The van der Waals surface area contributed by atoms with Crippen molar-refractivity contribution in [2.45, 2.75) is 13.0 Å².